The first-order valence-corrected chi connectivity index (χ1v) is 8.56. The van der Waals surface area contributed by atoms with Crippen LogP contribution >= 0.6 is 0 Å². The van der Waals surface area contributed by atoms with Crippen molar-refractivity contribution in [1.29, 1.82) is 0 Å². The third-order valence-electron chi connectivity index (χ3n) is 3.28. The van der Waals surface area contributed by atoms with E-state index in [9.17, 15) is 9.59 Å². The van der Waals surface area contributed by atoms with Crippen molar-refractivity contribution in [2.24, 2.45) is 0 Å². The van der Waals surface area contributed by atoms with Crippen LogP contribution in [-0.4, -0.2) is 40.0 Å². The highest BCUT2D eigenvalue weighted by atomic mass is 16.7. The van der Waals surface area contributed by atoms with Crippen molar-refractivity contribution in [3.05, 3.63) is 23.9 Å². The molecule has 1 saturated heterocycles. The highest BCUT2D eigenvalue weighted by Crippen LogP contribution is 2.31. The summed E-state index contributed by atoms with van der Waals surface area (Å²) in [6.07, 6.45) is 1.14. The Bertz CT molecular complexity index is 646. The van der Waals surface area contributed by atoms with Crippen LogP contribution in [0.3, 0.4) is 0 Å². The summed E-state index contributed by atoms with van der Waals surface area (Å²) < 4.78 is 10.6. The second kappa shape index (κ2) is 7.49. The van der Waals surface area contributed by atoms with Gasteiger partial charge in [-0.25, -0.2) is 14.6 Å². The number of aromatic nitrogens is 1. The fraction of sp³-hybridized carbons (Fsp3) is 0.611. The minimum atomic E-state index is -0.604. The van der Waals surface area contributed by atoms with Gasteiger partial charge in [0.15, 0.2) is 0 Å². The quantitative estimate of drug-likeness (QED) is 0.850. The Morgan fingerprint density at radius 2 is 1.81 bits per heavy atom. The van der Waals surface area contributed by atoms with Gasteiger partial charge in [-0.1, -0.05) is 6.07 Å². The van der Waals surface area contributed by atoms with Crippen LogP contribution < -0.4 is 5.32 Å². The summed E-state index contributed by atoms with van der Waals surface area (Å²) in [5.41, 5.74) is -0.394. The summed E-state index contributed by atoms with van der Waals surface area (Å²) in [5.74, 6) is 0.366. The number of anilines is 1. The highest BCUT2D eigenvalue weighted by Gasteiger charge is 2.35. The van der Waals surface area contributed by atoms with Crippen molar-refractivity contribution in [2.75, 3.05) is 11.9 Å². The van der Waals surface area contributed by atoms with Gasteiger partial charge in [0, 0.05) is 12.6 Å². The molecule has 1 aliphatic rings. The third-order valence-corrected chi connectivity index (χ3v) is 3.28. The fourth-order valence-corrected chi connectivity index (χ4v) is 2.34. The van der Waals surface area contributed by atoms with Crippen LogP contribution in [0.15, 0.2) is 18.3 Å². The second-order valence-corrected chi connectivity index (χ2v) is 8.05. The van der Waals surface area contributed by atoms with Crippen LogP contribution in [0.25, 0.3) is 0 Å². The number of rotatable bonds is 2. The molecule has 2 amide bonds. The molecule has 2 rings (SSSR count). The SMILES string of the molecule is CC(C)(C)OC(=O)Nc1ccc([C@@H]2CCON2C(=O)OC(C)(C)C)cn1. The normalized spacial score (nSPS) is 17.8. The smallest absolute Gasteiger partial charge is 0.435 e. The van der Waals surface area contributed by atoms with Gasteiger partial charge in [0.1, 0.15) is 17.0 Å². The Morgan fingerprint density at radius 3 is 2.35 bits per heavy atom. The lowest BCUT2D eigenvalue weighted by Gasteiger charge is -2.27. The second-order valence-electron chi connectivity index (χ2n) is 8.05. The number of hydroxylamine groups is 2. The van der Waals surface area contributed by atoms with Gasteiger partial charge < -0.3 is 9.47 Å². The Labute approximate surface area is 153 Å². The van der Waals surface area contributed by atoms with Gasteiger partial charge in [-0.15, -0.1) is 0 Å². The average molecular weight is 365 g/mol. The molecule has 1 fully saturated rings. The maximum Gasteiger partial charge on any atom is 0.435 e. The molecular weight excluding hydrogens is 338 g/mol. The minimum absolute atomic E-state index is 0.284. The van der Waals surface area contributed by atoms with Crippen molar-refractivity contribution in [3.8, 4) is 0 Å². The van der Waals surface area contributed by atoms with Gasteiger partial charge in [0.2, 0.25) is 0 Å². The Hall–Kier alpha value is -2.35. The molecule has 1 N–H and O–H groups in total. The van der Waals surface area contributed by atoms with Crippen molar-refractivity contribution >= 4 is 18.0 Å². The van der Waals surface area contributed by atoms with Crippen LogP contribution in [-0.2, 0) is 14.3 Å². The largest absolute Gasteiger partial charge is 0.444 e. The van der Waals surface area contributed by atoms with Crippen molar-refractivity contribution in [3.63, 3.8) is 0 Å². The van der Waals surface area contributed by atoms with Crippen molar-refractivity contribution < 1.29 is 23.9 Å². The lowest BCUT2D eigenvalue weighted by atomic mass is 10.1. The van der Waals surface area contributed by atoms with E-state index in [0.29, 0.717) is 18.8 Å². The first kappa shape index (κ1) is 20.0. The molecule has 0 aromatic carbocycles. The molecule has 0 unspecified atom stereocenters. The van der Waals surface area contributed by atoms with E-state index < -0.39 is 23.4 Å². The van der Waals surface area contributed by atoms with Crippen molar-refractivity contribution in [1.82, 2.24) is 10.0 Å². The topological polar surface area (TPSA) is 90.0 Å². The summed E-state index contributed by atoms with van der Waals surface area (Å²) >= 11 is 0. The van der Waals surface area contributed by atoms with Crippen molar-refractivity contribution in [2.45, 2.75) is 65.2 Å². The predicted molar refractivity (Wildman–Crippen MR) is 95.5 cm³/mol. The maximum absolute atomic E-state index is 12.3. The Kier molecular flexibility index (Phi) is 5.75. The fourth-order valence-electron chi connectivity index (χ4n) is 2.34. The number of nitrogens with one attached hydrogen (secondary N) is 1. The molecule has 26 heavy (non-hydrogen) atoms. The summed E-state index contributed by atoms with van der Waals surface area (Å²) in [4.78, 5) is 33.7. The van der Waals surface area contributed by atoms with Gasteiger partial charge in [-0.3, -0.25) is 10.2 Å². The van der Waals surface area contributed by atoms with Gasteiger partial charge >= 0.3 is 12.2 Å². The molecule has 1 aromatic rings. The summed E-state index contributed by atoms with van der Waals surface area (Å²) in [7, 11) is 0. The van der Waals surface area contributed by atoms with Crippen LogP contribution in [0.5, 0.6) is 0 Å². The minimum Gasteiger partial charge on any atom is -0.444 e. The van der Waals surface area contributed by atoms with Gasteiger partial charge in [-0.05, 0) is 53.2 Å². The first-order valence-electron chi connectivity index (χ1n) is 8.56. The molecule has 1 aromatic heterocycles. The standard InChI is InChI=1S/C18H27N3O5/c1-17(2,3)25-15(22)20-14-8-7-12(11-19-14)13-9-10-24-21(13)16(23)26-18(4,5)6/h7-8,11,13H,9-10H2,1-6H3,(H,19,20,22)/t13-/m0/s1. The molecular formula is C18H27N3O5. The van der Waals surface area contributed by atoms with Crippen LogP contribution in [0.1, 0.15) is 59.6 Å². The molecule has 0 aliphatic carbocycles. The third kappa shape index (κ3) is 5.87. The molecule has 0 bridgehead atoms. The van der Waals surface area contributed by atoms with Crippen LogP contribution in [0.2, 0.25) is 0 Å². The highest BCUT2D eigenvalue weighted by molar-refractivity contribution is 5.83. The van der Waals surface area contributed by atoms with Crippen LogP contribution in [0.4, 0.5) is 15.4 Å². The number of pyridine rings is 1. The predicted octanol–water partition coefficient (Wildman–Crippen LogP) is 4.04. The molecule has 1 aliphatic heterocycles. The van der Waals surface area contributed by atoms with Gasteiger partial charge in [0.05, 0.1) is 12.6 Å². The van der Waals surface area contributed by atoms with E-state index >= 15 is 0 Å². The van der Waals surface area contributed by atoms with E-state index in [-0.39, 0.29) is 6.04 Å². The number of nitrogens with zero attached hydrogens (tertiary/aromatic N) is 2. The van der Waals surface area contributed by atoms with Crippen LogP contribution in [0, 0.1) is 0 Å². The molecule has 2 heterocycles. The lowest BCUT2D eigenvalue weighted by Crippen LogP contribution is -2.35. The molecule has 0 saturated carbocycles. The molecule has 0 radical (unpaired) electrons. The molecule has 144 valence electrons. The molecule has 8 heteroatoms. The van der Waals surface area contributed by atoms with Gasteiger partial charge in [-0.2, -0.15) is 5.06 Å². The summed E-state index contributed by atoms with van der Waals surface area (Å²) in [5, 5.41) is 3.81. The average Bonchev–Trinajstić information content (AvgIpc) is 2.93. The van der Waals surface area contributed by atoms with E-state index in [1.54, 1.807) is 59.9 Å². The zero-order chi connectivity index (χ0) is 19.5. The number of hydrogen-bond acceptors (Lipinski definition) is 6. The monoisotopic (exact) mass is 365 g/mol. The molecule has 0 spiro atoms. The number of carbonyl (C=O) groups excluding carboxylic acids is 2. The summed E-state index contributed by atoms with van der Waals surface area (Å²) in [6, 6.07) is 3.16. The zero-order valence-corrected chi connectivity index (χ0v) is 16.2. The molecule has 8 nitrogen and oxygen atoms in total. The number of hydrogen-bond donors (Lipinski definition) is 1. The van der Waals surface area contributed by atoms with E-state index in [0.717, 1.165) is 5.56 Å². The summed E-state index contributed by atoms with van der Waals surface area (Å²) in [6.45, 7) is 11.2. The zero-order valence-electron chi connectivity index (χ0n) is 16.2. The van der Waals surface area contributed by atoms with E-state index in [1.165, 1.54) is 5.06 Å². The number of amides is 2. The van der Waals surface area contributed by atoms with E-state index in [4.69, 9.17) is 14.3 Å². The van der Waals surface area contributed by atoms with E-state index in [1.807, 2.05) is 0 Å². The first-order chi connectivity index (χ1) is 11.9. The molecule has 1 atom stereocenters. The maximum atomic E-state index is 12.3. The Balaban J connectivity index is 2.03. The lowest BCUT2D eigenvalue weighted by molar-refractivity contribution is -0.125. The Morgan fingerprint density at radius 1 is 1.15 bits per heavy atom. The number of ether oxygens (including phenoxy) is 2. The number of carbonyl (C=O) groups is 2. The van der Waals surface area contributed by atoms with E-state index in [2.05, 4.69) is 10.3 Å². The van der Waals surface area contributed by atoms with Gasteiger partial charge in [0.25, 0.3) is 0 Å².